The van der Waals surface area contributed by atoms with Gasteiger partial charge in [0, 0.05) is 6.20 Å². The average Bonchev–Trinajstić information content (AvgIpc) is 2.63. The first-order valence-corrected chi connectivity index (χ1v) is 7.89. The van der Waals surface area contributed by atoms with E-state index < -0.39 is 0 Å². The van der Waals surface area contributed by atoms with Crippen molar-refractivity contribution in [3.63, 3.8) is 0 Å². The van der Waals surface area contributed by atoms with Gasteiger partial charge in [-0.1, -0.05) is 35.9 Å². The molecule has 3 aromatic rings. The maximum atomic E-state index is 12.5. The SMILES string of the molecule is O=C(Nc1ccccc1C(=O)Nc1cccnc1)c1ccccc1Cl. The van der Waals surface area contributed by atoms with Crippen LogP contribution in [0.15, 0.2) is 73.1 Å². The van der Waals surface area contributed by atoms with E-state index in [2.05, 4.69) is 15.6 Å². The fraction of sp³-hybridized carbons (Fsp3) is 0. The van der Waals surface area contributed by atoms with E-state index in [1.165, 1.54) is 0 Å². The van der Waals surface area contributed by atoms with Crippen molar-refractivity contribution < 1.29 is 9.59 Å². The van der Waals surface area contributed by atoms with Crippen LogP contribution >= 0.6 is 11.6 Å². The average molecular weight is 352 g/mol. The summed E-state index contributed by atoms with van der Waals surface area (Å²) >= 11 is 6.05. The number of aromatic nitrogens is 1. The third-order valence-electron chi connectivity index (χ3n) is 3.46. The second-order valence-electron chi connectivity index (χ2n) is 5.18. The third kappa shape index (κ3) is 4.02. The minimum Gasteiger partial charge on any atom is -0.321 e. The van der Waals surface area contributed by atoms with E-state index in [9.17, 15) is 9.59 Å². The van der Waals surface area contributed by atoms with Crippen molar-refractivity contribution in [2.24, 2.45) is 0 Å². The number of halogens is 1. The number of hydrogen-bond acceptors (Lipinski definition) is 3. The molecule has 0 spiro atoms. The number of pyridine rings is 1. The Morgan fingerprint density at radius 3 is 2.20 bits per heavy atom. The molecule has 0 aliphatic carbocycles. The first kappa shape index (κ1) is 16.7. The van der Waals surface area contributed by atoms with Crippen LogP contribution in [0, 0.1) is 0 Å². The molecule has 0 saturated heterocycles. The van der Waals surface area contributed by atoms with Crippen molar-refractivity contribution in [3.05, 3.63) is 89.2 Å². The second kappa shape index (κ2) is 7.59. The monoisotopic (exact) mass is 351 g/mol. The zero-order chi connectivity index (χ0) is 17.6. The lowest BCUT2D eigenvalue weighted by Gasteiger charge is -2.12. The third-order valence-corrected chi connectivity index (χ3v) is 3.79. The standard InChI is InChI=1S/C19H14ClN3O2/c20-16-9-3-1-7-14(16)18(24)23-17-10-4-2-8-15(17)19(25)22-13-6-5-11-21-12-13/h1-12H,(H,22,25)(H,23,24). The maximum Gasteiger partial charge on any atom is 0.257 e. The van der Waals surface area contributed by atoms with Gasteiger partial charge in [0.25, 0.3) is 11.8 Å². The van der Waals surface area contributed by atoms with E-state index in [-0.39, 0.29) is 11.8 Å². The number of hydrogen-bond donors (Lipinski definition) is 2. The zero-order valence-electron chi connectivity index (χ0n) is 13.1. The van der Waals surface area contributed by atoms with Gasteiger partial charge in [0.15, 0.2) is 0 Å². The summed E-state index contributed by atoms with van der Waals surface area (Å²) in [5, 5.41) is 5.82. The highest BCUT2D eigenvalue weighted by Gasteiger charge is 2.15. The van der Waals surface area contributed by atoms with E-state index in [0.29, 0.717) is 27.5 Å². The number of nitrogens with one attached hydrogen (secondary N) is 2. The van der Waals surface area contributed by atoms with Gasteiger partial charge >= 0.3 is 0 Å². The van der Waals surface area contributed by atoms with Crippen LogP contribution in [-0.2, 0) is 0 Å². The van der Waals surface area contributed by atoms with Crippen LogP contribution in [-0.4, -0.2) is 16.8 Å². The molecule has 25 heavy (non-hydrogen) atoms. The van der Waals surface area contributed by atoms with Crippen molar-refractivity contribution in [3.8, 4) is 0 Å². The highest BCUT2D eigenvalue weighted by atomic mass is 35.5. The van der Waals surface area contributed by atoms with Crippen LogP contribution in [0.1, 0.15) is 20.7 Å². The number of amides is 2. The number of benzene rings is 2. The molecular weight excluding hydrogens is 338 g/mol. The molecule has 1 heterocycles. The van der Waals surface area contributed by atoms with Crippen molar-refractivity contribution in [1.82, 2.24) is 4.98 Å². The molecule has 2 amide bonds. The zero-order valence-corrected chi connectivity index (χ0v) is 13.8. The Labute approximate surface area is 149 Å². The quantitative estimate of drug-likeness (QED) is 0.738. The smallest absolute Gasteiger partial charge is 0.257 e. The lowest BCUT2D eigenvalue weighted by molar-refractivity contribution is 0.102. The summed E-state index contributed by atoms with van der Waals surface area (Å²) in [6, 6.07) is 16.9. The molecule has 6 heteroatoms. The van der Waals surface area contributed by atoms with Gasteiger partial charge in [-0.15, -0.1) is 0 Å². The van der Waals surface area contributed by atoms with Gasteiger partial charge in [-0.05, 0) is 36.4 Å². The first-order valence-electron chi connectivity index (χ1n) is 7.51. The van der Waals surface area contributed by atoms with Gasteiger partial charge in [0.05, 0.1) is 33.7 Å². The number of anilines is 2. The molecule has 2 aromatic carbocycles. The van der Waals surface area contributed by atoms with Gasteiger partial charge in [-0.25, -0.2) is 0 Å². The van der Waals surface area contributed by atoms with E-state index in [0.717, 1.165) is 0 Å². The molecule has 3 rings (SSSR count). The molecule has 0 unspecified atom stereocenters. The number of nitrogens with zero attached hydrogens (tertiary/aromatic N) is 1. The van der Waals surface area contributed by atoms with Crippen LogP contribution < -0.4 is 10.6 Å². The summed E-state index contributed by atoms with van der Waals surface area (Å²) in [6.07, 6.45) is 3.16. The fourth-order valence-corrected chi connectivity index (χ4v) is 2.48. The highest BCUT2D eigenvalue weighted by Crippen LogP contribution is 2.20. The Hall–Kier alpha value is -3.18. The molecule has 0 aliphatic heterocycles. The van der Waals surface area contributed by atoms with Crippen LogP contribution in [0.4, 0.5) is 11.4 Å². The van der Waals surface area contributed by atoms with Crippen molar-refractivity contribution in [2.45, 2.75) is 0 Å². The molecule has 2 N–H and O–H groups in total. The Morgan fingerprint density at radius 1 is 0.800 bits per heavy atom. The topological polar surface area (TPSA) is 71.1 Å². The summed E-state index contributed by atoms with van der Waals surface area (Å²) in [6.45, 7) is 0. The fourth-order valence-electron chi connectivity index (χ4n) is 2.26. The number of carbonyl (C=O) groups excluding carboxylic acids is 2. The summed E-state index contributed by atoms with van der Waals surface area (Å²) in [5.74, 6) is -0.727. The Balaban J connectivity index is 1.82. The molecule has 0 saturated carbocycles. The summed E-state index contributed by atoms with van der Waals surface area (Å²) in [7, 11) is 0. The molecule has 0 aliphatic rings. The Bertz CT molecular complexity index is 913. The molecule has 0 fully saturated rings. The lowest BCUT2D eigenvalue weighted by atomic mass is 10.1. The van der Waals surface area contributed by atoms with Crippen LogP contribution in [0.5, 0.6) is 0 Å². The predicted molar refractivity (Wildman–Crippen MR) is 98.0 cm³/mol. The summed E-state index contributed by atoms with van der Waals surface area (Å²) in [5.41, 5.74) is 1.65. The Morgan fingerprint density at radius 2 is 1.48 bits per heavy atom. The van der Waals surface area contributed by atoms with Crippen molar-refractivity contribution in [1.29, 1.82) is 0 Å². The van der Waals surface area contributed by atoms with Gasteiger partial charge in [0.2, 0.25) is 0 Å². The second-order valence-corrected chi connectivity index (χ2v) is 5.58. The van der Waals surface area contributed by atoms with Crippen molar-refractivity contribution in [2.75, 3.05) is 10.6 Å². The number of carbonyl (C=O) groups is 2. The first-order chi connectivity index (χ1) is 12.1. The molecule has 5 nitrogen and oxygen atoms in total. The maximum absolute atomic E-state index is 12.5. The van der Waals surface area contributed by atoms with Gasteiger partial charge < -0.3 is 10.6 Å². The molecule has 0 bridgehead atoms. The number of rotatable bonds is 4. The number of para-hydroxylation sites is 1. The minimum atomic E-state index is -0.382. The van der Waals surface area contributed by atoms with Crippen LogP contribution in [0.2, 0.25) is 5.02 Å². The molecule has 1 aromatic heterocycles. The Kier molecular flexibility index (Phi) is 5.06. The van der Waals surface area contributed by atoms with Gasteiger partial charge in [-0.2, -0.15) is 0 Å². The molecular formula is C19H14ClN3O2. The van der Waals surface area contributed by atoms with Crippen molar-refractivity contribution >= 4 is 34.8 Å². The molecule has 124 valence electrons. The minimum absolute atomic E-state index is 0.339. The van der Waals surface area contributed by atoms with E-state index in [4.69, 9.17) is 11.6 Å². The normalized spacial score (nSPS) is 10.1. The lowest BCUT2D eigenvalue weighted by Crippen LogP contribution is -2.18. The molecule has 0 atom stereocenters. The van der Waals surface area contributed by atoms with Crippen LogP contribution in [0.25, 0.3) is 0 Å². The molecule has 0 radical (unpaired) electrons. The van der Waals surface area contributed by atoms with E-state index in [1.807, 2.05) is 0 Å². The summed E-state index contributed by atoms with van der Waals surface area (Å²) in [4.78, 5) is 28.9. The van der Waals surface area contributed by atoms with Gasteiger partial charge in [-0.3, -0.25) is 14.6 Å². The largest absolute Gasteiger partial charge is 0.321 e. The van der Waals surface area contributed by atoms with Gasteiger partial charge in [0.1, 0.15) is 0 Å². The predicted octanol–water partition coefficient (Wildman–Crippen LogP) is 4.24. The van der Waals surface area contributed by atoms with E-state index >= 15 is 0 Å². The summed E-state index contributed by atoms with van der Waals surface area (Å²) < 4.78 is 0. The van der Waals surface area contributed by atoms with Crippen LogP contribution in [0.3, 0.4) is 0 Å². The highest BCUT2D eigenvalue weighted by molar-refractivity contribution is 6.34. The van der Waals surface area contributed by atoms with E-state index in [1.54, 1.807) is 73.1 Å².